The molecule has 0 radical (unpaired) electrons. The molecule has 0 aliphatic heterocycles. The van der Waals surface area contributed by atoms with Gasteiger partial charge in [0.05, 0.1) is 66.1 Å². The van der Waals surface area contributed by atoms with Crippen LogP contribution in [0.2, 0.25) is 0 Å². The molecule has 1 fully saturated rings. The Labute approximate surface area is 223 Å². The average molecular weight is 537 g/mol. The fourth-order valence-corrected chi connectivity index (χ4v) is 4.41. The molecule has 0 bridgehead atoms. The number of nitrogens with one attached hydrogen (secondary N) is 2. The van der Waals surface area contributed by atoms with Crippen LogP contribution in [0.1, 0.15) is 39.6 Å². The molecule has 0 saturated heterocycles. The van der Waals surface area contributed by atoms with E-state index in [0.29, 0.717) is 95.8 Å². The standard InChI is InChI=1S/C26H40N4O6S/c1-20-18-22(4-5-23(20)25(31)30-26-29-19-24(37-26)21-2-3-21)28-7-9-33-11-13-35-15-17-36-16-14-34-12-10-32-8-6-27/h4-5,18-19,21,28H,2-3,6-17,27H2,1H3,(H,29,30,31). The Kier molecular flexibility index (Phi) is 13.8. The maximum atomic E-state index is 12.6. The third kappa shape index (κ3) is 11.9. The van der Waals surface area contributed by atoms with Crippen LogP contribution in [0, 0.1) is 6.92 Å². The van der Waals surface area contributed by atoms with Gasteiger partial charge < -0.3 is 34.7 Å². The molecule has 3 rings (SSSR count). The summed E-state index contributed by atoms with van der Waals surface area (Å²) in [6.45, 7) is 8.47. The normalized spacial score (nSPS) is 13.1. The second-order valence-corrected chi connectivity index (χ2v) is 9.67. The Morgan fingerprint density at radius 2 is 1.54 bits per heavy atom. The summed E-state index contributed by atoms with van der Waals surface area (Å²) in [4.78, 5) is 18.2. The average Bonchev–Trinajstić information content (AvgIpc) is 3.64. The number of carbonyl (C=O) groups excluding carboxylic acids is 1. The summed E-state index contributed by atoms with van der Waals surface area (Å²) in [5, 5.41) is 6.90. The van der Waals surface area contributed by atoms with E-state index in [0.717, 1.165) is 11.3 Å². The number of aryl methyl sites for hydroxylation is 1. The van der Waals surface area contributed by atoms with Gasteiger partial charge in [-0.2, -0.15) is 0 Å². The Morgan fingerprint density at radius 1 is 0.946 bits per heavy atom. The molecule has 1 saturated carbocycles. The maximum absolute atomic E-state index is 12.6. The number of hydrogen-bond acceptors (Lipinski definition) is 10. The van der Waals surface area contributed by atoms with Crippen molar-refractivity contribution in [3.05, 3.63) is 40.4 Å². The van der Waals surface area contributed by atoms with Crippen molar-refractivity contribution in [1.29, 1.82) is 0 Å². The molecule has 2 aromatic rings. The number of rotatable bonds is 21. The molecule has 1 heterocycles. The number of nitrogens with zero attached hydrogens (tertiary/aromatic N) is 1. The Bertz CT molecular complexity index is 924. The lowest BCUT2D eigenvalue weighted by Crippen LogP contribution is -2.16. The molecular weight excluding hydrogens is 496 g/mol. The van der Waals surface area contributed by atoms with Crippen molar-refractivity contribution in [3.8, 4) is 0 Å². The highest BCUT2D eigenvalue weighted by molar-refractivity contribution is 7.15. The SMILES string of the molecule is Cc1cc(NCCOCCOCCOCCOCCOCCN)ccc1C(=O)Nc1ncc(C2CC2)s1. The van der Waals surface area contributed by atoms with Crippen LogP contribution in [0.4, 0.5) is 10.8 Å². The van der Waals surface area contributed by atoms with Gasteiger partial charge in [-0.15, -0.1) is 11.3 Å². The quantitative estimate of drug-likeness (QED) is 0.206. The molecule has 1 aliphatic carbocycles. The predicted octanol–water partition coefficient (Wildman–Crippen LogP) is 3.03. The molecule has 0 spiro atoms. The van der Waals surface area contributed by atoms with E-state index in [1.807, 2.05) is 31.3 Å². The summed E-state index contributed by atoms with van der Waals surface area (Å²) in [5.74, 6) is 0.507. The Balaban J connectivity index is 1.16. The lowest BCUT2D eigenvalue weighted by Gasteiger charge is -2.11. The van der Waals surface area contributed by atoms with Gasteiger partial charge in [0.15, 0.2) is 5.13 Å². The number of benzene rings is 1. The summed E-state index contributed by atoms with van der Waals surface area (Å²) in [6, 6.07) is 5.71. The van der Waals surface area contributed by atoms with Gasteiger partial charge in [0, 0.05) is 35.4 Å². The van der Waals surface area contributed by atoms with Crippen molar-refractivity contribution in [2.45, 2.75) is 25.7 Å². The molecule has 10 nitrogen and oxygen atoms in total. The van der Waals surface area contributed by atoms with Gasteiger partial charge in [0.25, 0.3) is 5.91 Å². The largest absolute Gasteiger partial charge is 0.383 e. The first-order chi connectivity index (χ1) is 18.2. The summed E-state index contributed by atoms with van der Waals surface area (Å²) in [5.41, 5.74) is 7.83. The molecule has 1 aromatic carbocycles. The van der Waals surface area contributed by atoms with Crippen LogP contribution in [0.3, 0.4) is 0 Å². The first-order valence-corrected chi connectivity index (χ1v) is 13.7. The molecule has 1 aliphatic rings. The second-order valence-electron chi connectivity index (χ2n) is 8.60. The number of thiazole rings is 1. The highest BCUT2D eigenvalue weighted by atomic mass is 32.1. The lowest BCUT2D eigenvalue weighted by atomic mass is 10.1. The minimum absolute atomic E-state index is 0.132. The number of amides is 1. The van der Waals surface area contributed by atoms with E-state index >= 15 is 0 Å². The number of aromatic nitrogens is 1. The van der Waals surface area contributed by atoms with Crippen LogP contribution in [-0.4, -0.2) is 90.0 Å². The van der Waals surface area contributed by atoms with Gasteiger partial charge >= 0.3 is 0 Å². The summed E-state index contributed by atoms with van der Waals surface area (Å²) in [6.07, 6.45) is 4.33. The minimum Gasteiger partial charge on any atom is -0.383 e. The summed E-state index contributed by atoms with van der Waals surface area (Å²) < 4.78 is 27.1. The molecule has 4 N–H and O–H groups in total. The molecule has 1 amide bonds. The van der Waals surface area contributed by atoms with Crippen LogP contribution in [0.25, 0.3) is 0 Å². The third-order valence-corrected chi connectivity index (χ3v) is 6.60. The van der Waals surface area contributed by atoms with Crippen molar-refractivity contribution in [2.75, 3.05) is 89.8 Å². The Morgan fingerprint density at radius 3 is 2.11 bits per heavy atom. The monoisotopic (exact) mass is 536 g/mol. The highest BCUT2D eigenvalue weighted by Gasteiger charge is 2.26. The number of ether oxygens (including phenoxy) is 5. The number of nitrogens with two attached hydrogens (primary N) is 1. The first-order valence-electron chi connectivity index (χ1n) is 12.9. The molecule has 37 heavy (non-hydrogen) atoms. The van der Waals surface area contributed by atoms with E-state index in [1.165, 1.54) is 17.7 Å². The zero-order valence-electron chi connectivity index (χ0n) is 21.7. The molecule has 11 heteroatoms. The van der Waals surface area contributed by atoms with E-state index in [4.69, 9.17) is 29.4 Å². The highest BCUT2D eigenvalue weighted by Crippen LogP contribution is 2.43. The minimum atomic E-state index is -0.132. The molecular formula is C26H40N4O6S. The van der Waals surface area contributed by atoms with Crippen molar-refractivity contribution < 1.29 is 28.5 Å². The fourth-order valence-electron chi connectivity index (χ4n) is 3.43. The van der Waals surface area contributed by atoms with E-state index in [-0.39, 0.29) is 5.91 Å². The van der Waals surface area contributed by atoms with Gasteiger partial charge in [-0.25, -0.2) is 4.98 Å². The topological polar surface area (TPSA) is 126 Å². The van der Waals surface area contributed by atoms with Crippen molar-refractivity contribution >= 4 is 28.1 Å². The van der Waals surface area contributed by atoms with Crippen molar-refractivity contribution in [2.24, 2.45) is 5.73 Å². The summed E-state index contributed by atoms with van der Waals surface area (Å²) >= 11 is 1.57. The summed E-state index contributed by atoms with van der Waals surface area (Å²) in [7, 11) is 0. The number of anilines is 2. The van der Waals surface area contributed by atoms with E-state index < -0.39 is 0 Å². The van der Waals surface area contributed by atoms with Crippen LogP contribution >= 0.6 is 11.3 Å². The van der Waals surface area contributed by atoms with Crippen LogP contribution in [0.5, 0.6) is 0 Å². The zero-order chi connectivity index (χ0) is 26.1. The molecule has 1 aromatic heterocycles. The predicted molar refractivity (Wildman–Crippen MR) is 145 cm³/mol. The van der Waals surface area contributed by atoms with Gasteiger partial charge in [-0.3, -0.25) is 10.1 Å². The van der Waals surface area contributed by atoms with Gasteiger partial charge in [-0.1, -0.05) is 0 Å². The van der Waals surface area contributed by atoms with E-state index in [1.54, 1.807) is 11.3 Å². The van der Waals surface area contributed by atoms with Crippen LogP contribution in [-0.2, 0) is 23.7 Å². The Hall–Kier alpha value is -2.12. The lowest BCUT2D eigenvalue weighted by molar-refractivity contribution is -0.00985. The van der Waals surface area contributed by atoms with Crippen molar-refractivity contribution in [1.82, 2.24) is 4.98 Å². The first kappa shape index (κ1) is 29.4. The molecule has 206 valence electrons. The van der Waals surface area contributed by atoms with E-state index in [9.17, 15) is 4.79 Å². The van der Waals surface area contributed by atoms with Gasteiger partial charge in [0.2, 0.25) is 0 Å². The van der Waals surface area contributed by atoms with Crippen LogP contribution in [0.15, 0.2) is 24.4 Å². The smallest absolute Gasteiger partial charge is 0.257 e. The zero-order valence-corrected chi connectivity index (χ0v) is 22.5. The second kappa shape index (κ2) is 17.4. The maximum Gasteiger partial charge on any atom is 0.257 e. The van der Waals surface area contributed by atoms with Gasteiger partial charge in [-0.05, 0) is 49.4 Å². The fraction of sp³-hybridized carbons (Fsp3) is 0.615. The third-order valence-electron chi connectivity index (χ3n) is 5.52. The number of carbonyl (C=O) groups is 1. The number of hydrogen-bond donors (Lipinski definition) is 3. The molecule has 0 atom stereocenters. The van der Waals surface area contributed by atoms with Crippen LogP contribution < -0.4 is 16.4 Å². The van der Waals surface area contributed by atoms with E-state index in [2.05, 4.69) is 15.6 Å². The van der Waals surface area contributed by atoms with Gasteiger partial charge in [0.1, 0.15) is 0 Å². The molecule has 0 unspecified atom stereocenters. The van der Waals surface area contributed by atoms with Crippen molar-refractivity contribution in [3.63, 3.8) is 0 Å².